The lowest BCUT2D eigenvalue weighted by Gasteiger charge is -2.24. The Morgan fingerprint density at radius 3 is 2.59 bits per heavy atom. The third kappa shape index (κ3) is 1.67. The van der Waals surface area contributed by atoms with E-state index in [9.17, 15) is 19.2 Å². The molecule has 3 rings (SSSR count). The molecule has 2 aromatic rings. The van der Waals surface area contributed by atoms with E-state index in [2.05, 4.69) is 15.0 Å². The summed E-state index contributed by atoms with van der Waals surface area (Å²) >= 11 is 0. The van der Waals surface area contributed by atoms with Crippen molar-refractivity contribution in [3.63, 3.8) is 0 Å². The summed E-state index contributed by atoms with van der Waals surface area (Å²) in [6.07, 6.45) is 4.14. The Labute approximate surface area is 121 Å². The molecule has 10 heteroatoms. The molecule has 22 heavy (non-hydrogen) atoms. The van der Waals surface area contributed by atoms with Gasteiger partial charge in [-0.1, -0.05) is 0 Å². The quantitative estimate of drug-likeness (QED) is 0.582. The van der Waals surface area contributed by atoms with E-state index in [0.29, 0.717) is 0 Å². The maximum atomic E-state index is 11.9. The number of H-pyrrole nitrogens is 2. The highest BCUT2D eigenvalue weighted by atomic mass is 16.2. The smallest absolute Gasteiger partial charge is 0.327 e. The number of aromatic amines is 2. The molecule has 0 spiro atoms. The molecule has 0 fully saturated rings. The number of aromatic nitrogens is 4. The fraction of sp³-hybridized carbons (Fsp3) is 0.167. The predicted octanol–water partition coefficient (Wildman–Crippen LogP) is -1.61. The fourth-order valence-corrected chi connectivity index (χ4v) is 2.33. The lowest BCUT2D eigenvalue weighted by atomic mass is 10.1. The SMILES string of the molecule is CC(=O)c1nc2c(=O)[nH]c(=O)[nH]c2n1C1(C(N)=O)C=CC=N1. The zero-order valence-electron chi connectivity index (χ0n) is 11.3. The molecule has 1 unspecified atom stereocenters. The number of hydrogen-bond donors (Lipinski definition) is 3. The van der Waals surface area contributed by atoms with Crippen LogP contribution in [0, 0.1) is 0 Å². The van der Waals surface area contributed by atoms with E-state index in [1.165, 1.54) is 25.3 Å². The lowest BCUT2D eigenvalue weighted by molar-refractivity contribution is -0.123. The number of hydrogen-bond acceptors (Lipinski definition) is 6. The van der Waals surface area contributed by atoms with Crippen LogP contribution in [-0.4, -0.2) is 37.4 Å². The number of carbonyl (C=O) groups is 2. The Bertz CT molecular complexity index is 977. The number of carbonyl (C=O) groups excluding carboxylic acids is 2. The molecule has 1 aliphatic rings. The molecule has 0 radical (unpaired) electrons. The topological polar surface area (TPSA) is 156 Å². The van der Waals surface area contributed by atoms with Gasteiger partial charge in [0, 0.05) is 13.1 Å². The Hall–Kier alpha value is -3.30. The van der Waals surface area contributed by atoms with Crippen LogP contribution in [0.25, 0.3) is 11.2 Å². The summed E-state index contributed by atoms with van der Waals surface area (Å²) in [5.41, 5.74) is 1.76. The van der Waals surface area contributed by atoms with Gasteiger partial charge in [0.2, 0.25) is 5.66 Å². The first-order valence-corrected chi connectivity index (χ1v) is 6.16. The van der Waals surface area contributed by atoms with Gasteiger partial charge in [0.1, 0.15) is 0 Å². The van der Waals surface area contributed by atoms with Gasteiger partial charge in [-0.3, -0.25) is 33.9 Å². The second-order valence-corrected chi connectivity index (χ2v) is 4.66. The van der Waals surface area contributed by atoms with Gasteiger partial charge < -0.3 is 5.73 Å². The van der Waals surface area contributed by atoms with Crippen molar-refractivity contribution in [2.24, 2.45) is 10.7 Å². The number of amides is 1. The number of ketones is 1. The minimum Gasteiger partial charge on any atom is -0.366 e. The van der Waals surface area contributed by atoms with Gasteiger partial charge in [-0.2, -0.15) is 0 Å². The van der Waals surface area contributed by atoms with Gasteiger partial charge in [-0.05, 0) is 12.2 Å². The summed E-state index contributed by atoms with van der Waals surface area (Å²) < 4.78 is 1.06. The molecule has 1 amide bonds. The van der Waals surface area contributed by atoms with Gasteiger partial charge in [-0.15, -0.1) is 0 Å². The monoisotopic (exact) mass is 302 g/mol. The molecule has 2 aromatic heterocycles. The van der Waals surface area contributed by atoms with Crippen molar-refractivity contribution < 1.29 is 9.59 Å². The zero-order valence-corrected chi connectivity index (χ0v) is 11.3. The van der Waals surface area contributed by atoms with Crippen molar-refractivity contribution in [2.45, 2.75) is 12.6 Å². The van der Waals surface area contributed by atoms with Crippen LogP contribution < -0.4 is 17.0 Å². The maximum absolute atomic E-state index is 11.9. The predicted molar refractivity (Wildman–Crippen MR) is 75.8 cm³/mol. The van der Waals surface area contributed by atoms with E-state index in [4.69, 9.17) is 5.73 Å². The van der Waals surface area contributed by atoms with E-state index in [0.717, 1.165) is 4.57 Å². The molecule has 0 aliphatic carbocycles. The van der Waals surface area contributed by atoms with Crippen molar-refractivity contribution >= 4 is 29.1 Å². The molecular weight excluding hydrogens is 292 g/mol. The number of imidazole rings is 1. The van der Waals surface area contributed by atoms with Crippen LogP contribution in [0.15, 0.2) is 26.7 Å². The molecule has 112 valence electrons. The third-order valence-electron chi connectivity index (χ3n) is 3.26. The Morgan fingerprint density at radius 1 is 1.32 bits per heavy atom. The molecule has 0 saturated heterocycles. The van der Waals surface area contributed by atoms with Crippen LogP contribution >= 0.6 is 0 Å². The second kappa shape index (κ2) is 4.35. The van der Waals surface area contributed by atoms with Crippen molar-refractivity contribution in [1.82, 2.24) is 19.5 Å². The summed E-state index contributed by atoms with van der Waals surface area (Å²) in [4.78, 5) is 59.4. The van der Waals surface area contributed by atoms with E-state index in [1.807, 2.05) is 4.98 Å². The molecule has 0 saturated carbocycles. The summed E-state index contributed by atoms with van der Waals surface area (Å²) in [6, 6.07) is 0. The molecule has 4 N–H and O–H groups in total. The number of allylic oxidation sites excluding steroid dienone is 1. The average molecular weight is 302 g/mol. The van der Waals surface area contributed by atoms with Crippen LogP contribution in [0.3, 0.4) is 0 Å². The van der Waals surface area contributed by atoms with Crippen molar-refractivity contribution in [3.05, 3.63) is 38.8 Å². The minimum absolute atomic E-state index is 0.110. The van der Waals surface area contributed by atoms with Crippen LogP contribution in [0.2, 0.25) is 0 Å². The minimum atomic E-state index is -1.76. The van der Waals surface area contributed by atoms with E-state index in [1.54, 1.807) is 0 Å². The van der Waals surface area contributed by atoms with Gasteiger partial charge in [0.25, 0.3) is 11.5 Å². The van der Waals surface area contributed by atoms with Gasteiger partial charge in [-0.25, -0.2) is 9.78 Å². The largest absolute Gasteiger partial charge is 0.366 e. The van der Waals surface area contributed by atoms with E-state index < -0.39 is 28.6 Å². The van der Waals surface area contributed by atoms with Gasteiger partial charge in [0.15, 0.2) is 22.8 Å². The molecular formula is C12H10N6O4. The highest BCUT2D eigenvalue weighted by molar-refractivity contribution is 5.98. The number of rotatable bonds is 3. The number of Topliss-reactive ketones (excluding diaryl/α,β-unsaturated/α-hetero) is 1. The third-order valence-corrected chi connectivity index (χ3v) is 3.26. The molecule has 0 aromatic carbocycles. The zero-order chi connectivity index (χ0) is 16.1. The van der Waals surface area contributed by atoms with E-state index in [-0.39, 0.29) is 17.0 Å². The summed E-state index contributed by atoms with van der Waals surface area (Å²) in [5.74, 6) is -1.63. The van der Waals surface area contributed by atoms with Crippen molar-refractivity contribution in [2.75, 3.05) is 0 Å². The molecule has 3 heterocycles. The number of nitrogens with two attached hydrogens (primary N) is 1. The summed E-state index contributed by atoms with van der Waals surface area (Å²) in [6.45, 7) is 1.21. The molecule has 0 bridgehead atoms. The number of nitrogens with one attached hydrogen (secondary N) is 2. The first-order valence-electron chi connectivity index (χ1n) is 6.16. The molecule has 1 atom stereocenters. The average Bonchev–Trinajstić information content (AvgIpc) is 3.02. The fourth-order valence-electron chi connectivity index (χ4n) is 2.33. The lowest BCUT2D eigenvalue weighted by Crippen LogP contribution is -2.44. The number of fused-ring (bicyclic) bond motifs is 1. The number of nitrogens with zero attached hydrogens (tertiary/aromatic N) is 3. The standard InChI is InChI=1S/C12H10N6O4/c1-5(19)7-15-6-8(16-11(22)17-9(6)20)18(7)12(10(13)21)3-2-4-14-12/h2-4H,1H3,(H2,13,21)(H2,16,17,20,22). The first kappa shape index (κ1) is 13.7. The Balaban J connectivity index is 2.54. The van der Waals surface area contributed by atoms with Gasteiger partial charge >= 0.3 is 5.69 Å². The summed E-state index contributed by atoms with van der Waals surface area (Å²) in [5, 5.41) is 0. The normalized spacial score (nSPS) is 19.9. The van der Waals surface area contributed by atoms with Crippen molar-refractivity contribution in [1.29, 1.82) is 0 Å². The first-order chi connectivity index (χ1) is 10.4. The van der Waals surface area contributed by atoms with Gasteiger partial charge in [0.05, 0.1) is 0 Å². The second-order valence-electron chi connectivity index (χ2n) is 4.66. The Kier molecular flexibility index (Phi) is 2.70. The van der Waals surface area contributed by atoms with Crippen LogP contribution in [0.4, 0.5) is 0 Å². The molecule has 10 nitrogen and oxygen atoms in total. The summed E-state index contributed by atoms with van der Waals surface area (Å²) in [7, 11) is 0. The van der Waals surface area contributed by atoms with Crippen LogP contribution in [0.1, 0.15) is 17.5 Å². The Morgan fingerprint density at radius 2 is 2.05 bits per heavy atom. The number of aliphatic imine (C=N–C) groups is 1. The van der Waals surface area contributed by atoms with Crippen LogP contribution in [-0.2, 0) is 10.5 Å². The highest BCUT2D eigenvalue weighted by Gasteiger charge is 2.41. The molecule has 1 aliphatic heterocycles. The highest BCUT2D eigenvalue weighted by Crippen LogP contribution is 2.28. The van der Waals surface area contributed by atoms with Crippen LogP contribution in [0.5, 0.6) is 0 Å². The maximum Gasteiger partial charge on any atom is 0.327 e. The van der Waals surface area contributed by atoms with E-state index >= 15 is 0 Å². The van der Waals surface area contributed by atoms with Crippen molar-refractivity contribution in [3.8, 4) is 0 Å². The number of primary amides is 1.